The standard InChI is InChI=1S/C11H12F4N2O2/c1-2-17(5-11(13,14)15)7-4-3-6(12)9(16)8(7)10(18)19/h3-4H,2,5,16H2,1H3,(H,18,19). The minimum Gasteiger partial charge on any atom is -0.478 e. The minimum atomic E-state index is -4.51. The highest BCUT2D eigenvalue weighted by molar-refractivity contribution is 6.00. The average Bonchev–Trinajstić information content (AvgIpc) is 2.27. The van der Waals surface area contributed by atoms with Crippen molar-refractivity contribution in [1.29, 1.82) is 0 Å². The monoisotopic (exact) mass is 280 g/mol. The topological polar surface area (TPSA) is 66.6 Å². The molecule has 106 valence electrons. The number of carboxylic acids is 1. The maximum absolute atomic E-state index is 13.2. The molecule has 0 heterocycles. The lowest BCUT2D eigenvalue weighted by molar-refractivity contribution is -0.119. The first-order valence-corrected chi connectivity index (χ1v) is 5.30. The van der Waals surface area contributed by atoms with Gasteiger partial charge in [-0.25, -0.2) is 9.18 Å². The Kier molecular flexibility index (Phi) is 4.23. The molecule has 0 saturated heterocycles. The molecule has 1 aromatic carbocycles. The molecule has 0 aliphatic heterocycles. The maximum Gasteiger partial charge on any atom is 0.405 e. The van der Waals surface area contributed by atoms with Crippen LogP contribution in [0.1, 0.15) is 17.3 Å². The van der Waals surface area contributed by atoms with Crippen LogP contribution in [0, 0.1) is 5.82 Å². The lowest BCUT2D eigenvalue weighted by Gasteiger charge is -2.26. The Morgan fingerprint density at radius 3 is 2.42 bits per heavy atom. The third kappa shape index (κ3) is 3.49. The summed E-state index contributed by atoms with van der Waals surface area (Å²) in [5, 5.41) is 8.96. The van der Waals surface area contributed by atoms with Gasteiger partial charge in [0.25, 0.3) is 0 Å². The predicted molar refractivity (Wildman–Crippen MR) is 61.7 cm³/mol. The summed E-state index contributed by atoms with van der Waals surface area (Å²) >= 11 is 0. The van der Waals surface area contributed by atoms with Crippen LogP contribution in [0.4, 0.5) is 28.9 Å². The Bertz CT molecular complexity index is 488. The van der Waals surface area contributed by atoms with Crippen LogP contribution in [-0.4, -0.2) is 30.3 Å². The highest BCUT2D eigenvalue weighted by Crippen LogP contribution is 2.30. The van der Waals surface area contributed by atoms with Crippen LogP contribution in [0.2, 0.25) is 0 Å². The van der Waals surface area contributed by atoms with Crippen molar-refractivity contribution in [3.8, 4) is 0 Å². The van der Waals surface area contributed by atoms with Gasteiger partial charge in [0.1, 0.15) is 17.9 Å². The molecule has 19 heavy (non-hydrogen) atoms. The normalized spacial score (nSPS) is 11.4. The summed E-state index contributed by atoms with van der Waals surface area (Å²) in [5.41, 5.74) is 3.68. The Balaban J connectivity index is 3.32. The van der Waals surface area contributed by atoms with Gasteiger partial charge in [0.05, 0.1) is 11.4 Å². The Labute approximate surface area is 106 Å². The van der Waals surface area contributed by atoms with Gasteiger partial charge in [0.15, 0.2) is 0 Å². The van der Waals surface area contributed by atoms with E-state index in [2.05, 4.69) is 0 Å². The van der Waals surface area contributed by atoms with Crippen molar-refractivity contribution in [3.05, 3.63) is 23.5 Å². The number of rotatable bonds is 4. The first kappa shape index (κ1) is 15.1. The van der Waals surface area contributed by atoms with E-state index in [9.17, 15) is 22.4 Å². The van der Waals surface area contributed by atoms with E-state index in [0.29, 0.717) is 0 Å². The third-order valence-electron chi connectivity index (χ3n) is 2.48. The van der Waals surface area contributed by atoms with E-state index in [4.69, 9.17) is 10.8 Å². The second-order valence-corrected chi connectivity index (χ2v) is 3.79. The molecule has 1 aromatic rings. The highest BCUT2D eigenvalue weighted by Gasteiger charge is 2.32. The molecular formula is C11H12F4N2O2. The van der Waals surface area contributed by atoms with E-state index in [-0.39, 0.29) is 12.2 Å². The Morgan fingerprint density at radius 1 is 1.42 bits per heavy atom. The number of carbonyl (C=O) groups is 1. The predicted octanol–water partition coefficient (Wildman–Crippen LogP) is 2.49. The van der Waals surface area contributed by atoms with E-state index in [0.717, 1.165) is 17.0 Å². The fourth-order valence-corrected chi connectivity index (χ4v) is 1.65. The molecular weight excluding hydrogens is 268 g/mol. The number of benzene rings is 1. The summed E-state index contributed by atoms with van der Waals surface area (Å²) in [4.78, 5) is 11.8. The molecule has 0 spiro atoms. The van der Waals surface area contributed by atoms with E-state index < -0.39 is 35.8 Å². The lowest BCUT2D eigenvalue weighted by atomic mass is 10.1. The fraction of sp³-hybridized carbons (Fsp3) is 0.364. The van der Waals surface area contributed by atoms with E-state index in [1.165, 1.54) is 6.92 Å². The van der Waals surface area contributed by atoms with Gasteiger partial charge in [0, 0.05) is 6.54 Å². The number of halogens is 4. The van der Waals surface area contributed by atoms with Crippen LogP contribution >= 0.6 is 0 Å². The van der Waals surface area contributed by atoms with E-state index >= 15 is 0 Å². The first-order chi connectivity index (χ1) is 8.67. The molecule has 0 aliphatic carbocycles. The van der Waals surface area contributed by atoms with Gasteiger partial charge in [-0.05, 0) is 19.1 Å². The summed E-state index contributed by atoms with van der Waals surface area (Å²) in [6.07, 6.45) is -4.51. The Hall–Kier alpha value is -1.99. The molecule has 8 heteroatoms. The number of nitrogens with zero attached hydrogens (tertiary/aromatic N) is 1. The number of carboxylic acid groups (broad SMARTS) is 1. The molecule has 0 fully saturated rings. The van der Waals surface area contributed by atoms with Crippen molar-refractivity contribution < 1.29 is 27.5 Å². The zero-order valence-corrected chi connectivity index (χ0v) is 9.96. The maximum atomic E-state index is 13.2. The molecule has 1 rings (SSSR count). The van der Waals surface area contributed by atoms with Gasteiger partial charge >= 0.3 is 12.1 Å². The molecule has 0 atom stereocenters. The molecule has 0 saturated carbocycles. The van der Waals surface area contributed by atoms with E-state index in [1.54, 1.807) is 0 Å². The highest BCUT2D eigenvalue weighted by atomic mass is 19.4. The van der Waals surface area contributed by atoms with Crippen LogP contribution in [0.25, 0.3) is 0 Å². The molecule has 0 aromatic heterocycles. The summed E-state index contributed by atoms with van der Waals surface area (Å²) in [7, 11) is 0. The second-order valence-electron chi connectivity index (χ2n) is 3.79. The van der Waals surface area contributed by atoms with Crippen LogP contribution in [-0.2, 0) is 0 Å². The van der Waals surface area contributed by atoms with Crippen LogP contribution < -0.4 is 10.6 Å². The average molecular weight is 280 g/mol. The molecule has 0 unspecified atom stereocenters. The summed E-state index contributed by atoms with van der Waals surface area (Å²) in [6, 6.07) is 1.82. The van der Waals surface area contributed by atoms with Gasteiger partial charge in [0.2, 0.25) is 0 Å². The number of alkyl halides is 3. The minimum absolute atomic E-state index is 0.0924. The lowest BCUT2D eigenvalue weighted by Crippen LogP contribution is -2.35. The Morgan fingerprint density at radius 2 is 2.00 bits per heavy atom. The number of nitrogen functional groups attached to an aromatic ring is 1. The molecule has 0 radical (unpaired) electrons. The van der Waals surface area contributed by atoms with Crippen LogP contribution in [0.5, 0.6) is 0 Å². The molecule has 0 aliphatic rings. The number of nitrogens with two attached hydrogens (primary N) is 1. The largest absolute Gasteiger partial charge is 0.478 e. The van der Waals surface area contributed by atoms with Crippen LogP contribution in [0.3, 0.4) is 0 Å². The molecule has 3 N–H and O–H groups in total. The number of anilines is 2. The van der Waals surface area contributed by atoms with Crippen molar-refractivity contribution in [3.63, 3.8) is 0 Å². The number of hydrogen-bond donors (Lipinski definition) is 2. The summed E-state index contributed by atoms with van der Waals surface area (Å²) < 4.78 is 50.4. The zero-order valence-electron chi connectivity index (χ0n) is 9.96. The quantitative estimate of drug-likeness (QED) is 0.657. The summed E-state index contributed by atoms with van der Waals surface area (Å²) in [5.74, 6) is -2.56. The smallest absolute Gasteiger partial charge is 0.405 e. The van der Waals surface area contributed by atoms with Crippen molar-refractivity contribution in [2.75, 3.05) is 23.7 Å². The van der Waals surface area contributed by atoms with Gasteiger partial charge in [-0.1, -0.05) is 0 Å². The number of hydrogen-bond acceptors (Lipinski definition) is 3. The van der Waals surface area contributed by atoms with E-state index in [1.807, 2.05) is 0 Å². The fourth-order valence-electron chi connectivity index (χ4n) is 1.65. The first-order valence-electron chi connectivity index (χ1n) is 5.30. The molecule has 4 nitrogen and oxygen atoms in total. The molecule has 0 amide bonds. The third-order valence-corrected chi connectivity index (χ3v) is 2.48. The second kappa shape index (κ2) is 5.33. The van der Waals surface area contributed by atoms with Crippen molar-refractivity contribution in [2.24, 2.45) is 0 Å². The van der Waals surface area contributed by atoms with Crippen molar-refractivity contribution in [1.82, 2.24) is 0 Å². The van der Waals surface area contributed by atoms with Gasteiger partial charge in [-0.3, -0.25) is 0 Å². The van der Waals surface area contributed by atoms with Gasteiger partial charge in [-0.2, -0.15) is 13.2 Å². The SMILES string of the molecule is CCN(CC(F)(F)F)c1ccc(F)c(N)c1C(=O)O. The molecule has 0 bridgehead atoms. The van der Waals surface area contributed by atoms with Gasteiger partial charge < -0.3 is 15.7 Å². The summed E-state index contributed by atoms with van der Waals surface area (Å²) in [6.45, 7) is -0.00334. The number of aromatic carboxylic acids is 1. The van der Waals surface area contributed by atoms with Gasteiger partial charge in [-0.15, -0.1) is 0 Å². The van der Waals surface area contributed by atoms with Crippen LogP contribution in [0.15, 0.2) is 12.1 Å². The van der Waals surface area contributed by atoms with Crippen molar-refractivity contribution >= 4 is 17.3 Å². The van der Waals surface area contributed by atoms with Crippen molar-refractivity contribution in [2.45, 2.75) is 13.1 Å². The zero-order chi connectivity index (χ0) is 14.8.